The number of benzene rings is 1. The van der Waals surface area contributed by atoms with E-state index < -0.39 is 0 Å². The molecule has 3 rings (SSSR count). The highest BCUT2D eigenvalue weighted by atomic mass is 32.1. The fraction of sp³-hybridized carbons (Fsp3) is 0.368. The maximum absolute atomic E-state index is 12.4. The number of aryl methyl sites for hydroxylation is 1. The summed E-state index contributed by atoms with van der Waals surface area (Å²) in [4.78, 5) is 13.4. The molecule has 0 bridgehead atoms. The highest BCUT2D eigenvalue weighted by molar-refractivity contribution is 7.22. The van der Waals surface area contributed by atoms with Crippen LogP contribution in [0.5, 0.6) is 0 Å². The van der Waals surface area contributed by atoms with Gasteiger partial charge in [-0.05, 0) is 45.2 Å². The molecule has 0 spiro atoms. The summed E-state index contributed by atoms with van der Waals surface area (Å²) in [6.07, 6.45) is 1.59. The maximum atomic E-state index is 12.4. The van der Waals surface area contributed by atoms with E-state index in [2.05, 4.69) is 46.7 Å². The molecule has 0 fully saturated rings. The normalized spacial score (nSPS) is 11.1. The van der Waals surface area contributed by atoms with E-state index in [1.807, 2.05) is 34.6 Å². The number of carbonyl (C=O) groups is 1. The average molecular weight is 343 g/mol. The molecule has 2 heterocycles. The zero-order valence-electron chi connectivity index (χ0n) is 15.2. The zero-order chi connectivity index (χ0) is 17.9. The summed E-state index contributed by atoms with van der Waals surface area (Å²) in [5, 5.41) is 11.2. The third kappa shape index (κ3) is 4.03. The topological polar surface area (TPSA) is 57.8 Å². The Morgan fingerprint density at radius 1 is 1.21 bits per heavy atom. The molecule has 2 N–H and O–H groups in total. The highest BCUT2D eigenvalue weighted by Crippen LogP contribution is 2.34. The molecule has 1 amide bonds. The van der Waals surface area contributed by atoms with E-state index >= 15 is 0 Å². The predicted molar refractivity (Wildman–Crippen MR) is 103 cm³/mol. The third-order valence-electron chi connectivity index (χ3n) is 3.29. The van der Waals surface area contributed by atoms with Crippen LogP contribution in [0.25, 0.3) is 20.7 Å². The number of thiophene rings is 1. The Hall–Kier alpha value is -2.14. The van der Waals surface area contributed by atoms with Crippen molar-refractivity contribution in [1.29, 1.82) is 0 Å². The molecule has 24 heavy (non-hydrogen) atoms. The van der Waals surface area contributed by atoms with Crippen LogP contribution in [0.3, 0.4) is 0 Å². The molecule has 0 saturated carbocycles. The average Bonchev–Trinajstić information content (AvgIpc) is 3.13. The molecule has 5 heteroatoms. The molecule has 3 aromatic rings. The van der Waals surface area contributed by atoms with Crippen molar-refractivity contribution in [2.45, 2.75) is 47.1 Å². The van der Waals surface area contributed by atoms with Gasteiger partial charge in [-0.3, -0.25) is 9.89 Å². The minimum Gasteiger partial charge on any atom is -0.347 e. The van der Waals surface area contributed by atoms with Crippen molar-refractivity contribution in [1.82, 2.24) is 15.5 Å². The van der Waals surface area contributed by atoms with E-state index in [0.717, 1.165) is 10.6 Å². The first-order valence-electron chi connectivity index (χ1n) is 8.20. The Morgan fingerprint density at radius 3 is 2.58 bits per heavy atom. The third-order valence-corrected chi connectivity index (χ3v) is 4.42. The zero-order valence-corrected chi connectivity index (χ0v) is 16.0. The number of nitrogens with one attached hydrogen (secondary N) is 2. The van der Waals surface area contributed by atoms with Crippen molar-refractivity contribution in [2.24, 2.45) is 0 Å². The van der Waals surface area contributed by atoms with E-state index in [4.69, 9.17) is 0 Å². The Bertz CT molecular complexity index is 840. The molecule has 0 aliphatic rings. The van der Waals surface area contributed by atoms with Crippen molar-refractivity contribution in [3.8, 4) is 10.6 Å². The number of aromatic amines is 1. The number of hydrogen-bond donors (Lipinski definition) is 2. The number of H-pyrrole nitrogens is 1. The van der Waals surface area contributed by atoms with E-state index in [1.54, 1.807) is 17.5 Å². The van der Waals surface area contributed by atoms with Crippen molar-refractivity contribution in [3.05, 3.63) is 41.6 Å². The van der Waals surface area contributed by atoms with Gasteiger partial charge in [-0.2, -0.15) is 5.10 Å². The van der Waals surface area contributed by atoms with Crippen molar-refractivity contribution in [3.63, 3.8) is 0 Å². The Balaban J connectivity index is 0.00000100. The number of amides is 1. The van der Waals surface area contributed by atoms with Gasteiger partial charge in [0.05, 0.1) is 22.3 Å². The van der Waals surface area contributed by atoms with Crippen LogP contribution < -0.4 is 5.32 Å². The Morgan fingerprint density at radius 2 is 1.92 bits per heavy atom. The summed E-state index contributed by atoms with van der Waals surface area (Å²) in [5.41, 5.74) is 2.31. The van der Waals surface area contributed by atoms with Gasteiger partial charge < -0.3 is 5.32 Å². The fourth-order valence-corrected chi connectivity index (χ4v) is 3.39. The number of carbonyl (C=O) groups excluding carboxylic acids is 1. The second kappa shape index (κ2) is 7.18. The van der Waals surface area contributed by atoms with Crippen LogP contribution >= 0.6 is 11.3 Å². The summed E-state index contributed by atoms with van der Waals surface area (Å²) in [5.74, 6) is -0.107. The van der Waals surface area contributed by atoms with E-state index in [-0.39, 0.29) is 11.4 Å². The van der Waals surface area contributed by atoms with Crippen LogP contribution in [0.4, 0.5) is 0 Å². The minimum absolute atomic E-state index is 0.107. The number of hydrogen-bond acceptors (Lipinski definition) is 3. The lowest BCUT2D eigenvalue weighted by Crippen LogP contribution is -2.40. The molecule has 0 atom stereocenters. The largest absolute Gasteiger partial charge is 0.347 e. The molecule has 0 radical (unpaired) electrons. The van der Waals surface area contributed by atoms with Gasteiger partial charge in [0.2, 0.25) is 0 Å². The van der Waals surface area contributed by atoms with Gasteiger partial charge in [0, 0.05) is 10.2 Å². The van der Waals surface area contributed by atoms with Crippen molar-refractivity contribution in [2.75, 3.05) is 0 Å². The van der Waals surface area contributed by atoms with Gasteiger partial charge in [0.15, 0.2) is 0 Å². The number of aromatic nitrogens is 2. The molecular weight excluding hydrogens is 318 g/mol. The van der Waals surface area contributed by atoms with Crippen LogP contribution in [0, 0.1) is 6.92 Å². The van der Waals surface area contributed by atoms with Gasteiger partial charge >= 0.3 is 0 Å². The number of nitrogens with zero attached hydrogens (tertiary/aromatic N) is 1. The summed E-state index contributed by atoms with van der Waals surface area (Å²) < 4.78 is 1.21. The van der Waals surface area contributed by atoms with E-state index in [1.165, 1.54) is 15.6 Å². The first kappa shape index (κ1) is 18.2. The number of fused-ring (bicyclic) bond motifs is 1. The monoisotopic (exact) mass is 343 g/mol. The quantitative estimate of drug-likeness (QED) is 0.675. The summed E-state index contributed by atoms with van der Waals surface area (Å²) >= 11 is 1.66. The van der Waals surface area contributed by atoms with Crippen LogP contribution in [0.1, 0.15) is 50.5 Å². The highest BCUT2D eigenvalue weighted by Gasteiger charge is 2.21. The molecule has 0 aliphatic heterocycles. The minimum atomic E-state index is -0.275. The van der Waals surface area contributed by atoms with Gasteiger partial charge in [-0.1, -0.05) is 31.5 Å². The molecule has 4 nitrogen and oxygen atoms in total. The van der Waals surface area contributed by atoms with Crippen LogP contribution in [0.2, 0.25) is 0 Å². The summed E-state index contributed by atoms with van der Waals surface area (Å²) in [6, 6.07) is 8.47. The molecule has 0 aliphatic carbocycles. The lowest BCUT2D eigenvalue weighted by atomic mass is 10.1. The number of rotatable bonds is 2. The molecule has 0 saturated heterocycles. The molecule has 2 aromatic heterocycles. The first-order chi connectivity index (χ1) is 11.3. The molecule has 1 aromatic carbocycles. The van der Waals surface area contributed by atoms with Gasteiger partial charge in [0.1, 0.15) is 0 Å². The fourth-order valence-electron chi connectivity index (χ4n) is 2.34. The summed E-state index contributed by atoms with van der Waals surface area (Å²) in [6.45, 7) is 12.0. The summed E-state index contributed by atoms with van der Waals surface area (Å²) in [7, 11) is 0. The van der Waals surface area contributed by atoms with Gasteiger partial charge in [-0.25, -0.2) is 0 Å². The predicted octanol–water partition coefficient (Wildman–Crippen LogP) is 5.15. The Kier molecular flexibility index (Phi) is 5.44. The van der Waals surface area contributed by atoms with Crippen molar-refractivity contribution < 1.29 is 4.79 Å². The van der Waals surface area contributed by atoms with E-state index in [0.29, 0.717) is 5.56 Å². The smallest absolute Gasteiger partial charge is 0.255 e. The van der Waals surface area contributed by atoms with E-state index in [9.17, 15) is 4.79 Å². The first-order valence-corrected chi connectivity index (χ1v) is 9.01. The van der Waals surface area contributed by atoms with Crippen LogP contribution in [-0.4, -0.2) is 21.6 Å². The standard InChI is InChI=1S/C17H19N3OS.C2H6/c1-10-5-6-13-11(7-10)8-14(22-13)15-12(9-18-20-15)16(21)19-17(2,3)4;1-2/h5-9H,1-4H3,(H,18,20)(H,19,21);1-2H3. The second-order valence-corrected chi connectivity index (χ2v) is 7.60. The lowest BCUT2D eigenvalue weighted by molar-refractivity contribution is 0.0920. The Labute approximate surface area is 147 Å². The second-order valence-electron chi connectivity index (χ2n) is 6.51. The van der Waals surface area contributed by atoms with Gasteiger partial charge in [0.25, 0.3) is 5.91 Å². The van der Waals surface area contributed by atoms with Crippen LogP contribution in [0.15, 0.2) is 30.5 Å². The lowest BCUT2D eigenvalue weighted by Gasteiger charge is -2.20. The van der Waals surface area contributed by atoms with Gasteiger partial charge in [-0.15, -0.1) is 11.3 Å². The molecular formula is C19H25N3OS. The van der Waals surface area contributed by atoms with Crippen LogP contribution in [-0.2, 0) is 0 Å². The SMILES string of the molecule is CC.Cc1ccc2sc(-c3[nH]ncc3C(=O)NC(C)(C)C)cc2c1. The molecule has 0 unspecified atom stereocenters. The van der Waals surface area contributed by atoms with Crippen molar-refractivity contribution >= 4 is 27.3 Å². The molecule has 128 valence electrons. The maximum Gasteiger partial charge on any atom is 0.255 e.